The monoisotopic (exact) mass is 233 g/mol. The van der Waals surface area contributed by atoms with Crippen molar-refractivity contribution >= 4 is 11.7 Å². The van der Waals surface area contributed by atoms with Gasteiger partial charge in [0.2, 0.25) is 0 Å². The van der Waals surface area contributed by atoms with Crippen molar-refractivity contribution in [3.05, 3.63) is 29.8 Å². The third kappa shape index (κ3) is 5.00. The van der Waals surface area contributed by atoms with E-state index in [9.17, 15) is 4.79 Å². The molecule has 0 heterocycles. The van der Waals surface area contributed by atoms with Gasteiger partial charge in [-0.2, -0.15) is 5.26 Å². The summed E-state index contributed by atoms with van der Waals surface area (Å²) < 4.78 is 5.09. The van der Waals surface area contributed by atoms with Crippen LogP contribution in [0.1, 0.15) is 12.5 Å². The Morgan fingerprint density at radius 2 is 2.12 bits per heavy atom. The average molecular weight is 233 g/mol. The van der Waals surface area contributed by atoms with E-state index in [2.05, 4.69) is 10.6 Å². The molecule has 0 aliphatic carbocycles. The maximum atomic E-state index is 11.4. The van der Waals surface area contributed by atoms with Crippen molar-refractivity contribution in [3.8, 4) is 6.07 Å². The summed E-state index contributed by atoms with van der Waals surface area (Å²) in [5.41, 5.74) is 1.21. The number of rotatable bonds is 5. The molecule has 0 aromatic heterocycles. The molecular formula is C12H15N3O2. The van der Waals surface area contributed by atoms with Gasteiger partial charge in [-0.05, 0) is 31.2 Å². The van der Waals surface area contributed by atoms with Gasteiger partial charge in [0.1, 0.15) is 0 Å². The molecule has 2 N–H and O–H groups in total. The van der Waals surface area contributed by atoms with Crippen molar-refractivity contribution in [2.75, 3.05) is 25.1 Å². The number of nitrogens with zero attached hydrogens (tertiary/aromatic N) is 1. The SMILES string of the molecule is CCOCCNC(=O)Nc1ccc(C#N)cc1. The molecule has 0 aliphatic heterocycles. The topological polar surface area (TPSA) is 74.2 Å². The van der Waals surface area contributed by atoms with Crippen molar-refractivity contribution in [3.63, 3.8) is 0 Å². The van der Waals surface area contributed by atoms with Gasteiger partial charge in [-0.15, -0.1) is 0 Å². The van der Waals surface area contributed by atoms with Crippen LogP contribution in [0, 0.1) is 11.3 Å². The quantitative estimate of drug-likeness (QED) is 0.760. The van der Waals surface area contributed by atoms with E-state index in [1.165, 1.54) is 0 Å². The number of nitriles is 1. The molecule has 90 valence electrons. The zero-order valence-corrected chi connectivity index (χ0v) is 9.69. The van der Waals surface area contributed by atoms with Crippen LogP contribution in [-0.2, 0) is 4.74 Å². The van der Waals surface area contributed by atoms with Crippen LogP contribution in [0.25, 0.3) is 0 Å². The molecule has 17 heavy (non-hydrogen) atoms. The van der Waals surface area contributed by atoms with Crippen LogP contribution < -0.4 is 10.6 Å². The van der Waals surface area contributed by atoms with Crippen molar-refractivity contribution in [1.29, 1.82) is 5.26 Å². The van der Waals surface area contributed by atoms with Gasteiger partial charge in [0.05, 0.1) is 18.2 Å². The van der Waals surface area contributed by atoms with E-state index in [1.807, 2.05) is 13.0 Å². The standard InChI is InChI=1S/C12H15N3O2/c1-2-17-8-7-14-12(16)15-11-5-3-10(9-13)4-6-11/h3-6H,2,7-8H2,1H3,(H2,14,15,16). The van der Waals surface area contributed by atoms with Gasteiger partial charge >= 0.3 is 6.03 Å². The summed E-state index contributed by atoms with van der Waals surface area (Å²) in [5.74, 6) is 0. The highest BCUT2D eigenvalue weighted by molar-refractivity contribution is 5.89. The number of ether oxygens (including phenoxy) is 1. The minimum atomic E-state index is -0.283. The molecule has 0 saturated heterocycles. The van der Waals surface area contributed by atoms with Crippen molar-refractivity contribution in [2.24, 2.45) is 0 Å². The molecule has 0 bridgehead atoms. The second kappa shape index (κ2) is 7.25. The minimum Gasteiger partial charge on any atom is -0.380 e. The lowest BCUT2D eigenvalue weighted by Gasteiger charge is -2.07. The molecule has 0 radical (unpaired) electrons. The summed E-state index contributed by atoms with van der Waals surface area (Å²) in [6.45, 7) is 3.50. The predicted octanol–water partition coefficient (Wildman–Crippen LogP) is 1.72. The number of carbonyl (C=O) groups is 1. The van der Waals surface area contributed by atoms with Crippen LogP contribution in [0.3, 0.4) is 0 Å². The number of hydrogen-bond donors (Lipinski definition) is 2. The molecule has 1 rings (SSSR count). The summed E-state index contributed by atoms with van der Waals surface area (Å²) in [5, 5.41) is 13.9. The van der Waals surface area contributed by atoms with Gasteiger partial charge in [0, 0.05) is 18.8 Å². The maximum absolute atomic E-state index is 11.4. The lowest BCUT2D eigenvalue weighted by Crippen LogP contribution is -2.31. The third-order valence-electron chi connectivity index (χ3n) is 2.01. The van der Waals surface area contributed by atoms with E-state index in [1.54, 1.807) is 24.3 Å². The van der Waals surface area contributed by atoms with Gasteiger partial charge in [-0.25, -0.2) is 4.79 Å². The molecule has 5 nitrogen and oxygen atoms in total. The van der Waals surface area contributed by atoms with Crippen molar-refractivity contribution in [1.82, 2.24) is 5.32 Å². The normalized spacial score (nSPS) is 9.41. The van der Waals surface area contributed by atoms with E-state index in [0.717, 1.165) is 0 Å². The fraction of sp³-hybridized carbons (Fsp3) is 0.333. The summed E-state index contributed by atoms with van der Waals surface area (Å²) in [6.07, 6.45) is 0. The lowest BCUT2D eigenvalue weighted by molar-refractivity contribution is 0.150. The fourth-order valence-corrected chi connectivity index (χ4v) is 1.18. The Bertz CT molecular complexity index is 395. The number of amides is 2. The van der Waals surface area contributed by atoms with Crippen molar-refractivity contribution in [2.45, 2.75) is 6.92 Å². The van der Waals surface area contributed by atoms with Crippen LogP contribution in [0.4, 0.5) is 10.5 Å². The highest BCUT2D eigenvalue weighted by Crippen LogP contribution is 2.08. The first-order chi connectivity index (χ1) is 8.26. The summed E-state index contributed by atoms with van der Waals surface area (Å²) in [6, 6.07) is 8.39. The predicted molar refractivity (Wildman–Crippen MR) is 64.7 cm³/mol. The zero-order valence-electron chi connectivity index (χ0n) is 9.69. The summed E-state index contributed by atoms with van der Waals surface area (Å²) >= 11 is 0. The summed E-state index contributed by atoms with van der Waals surface area (Å²) in [7, 11) is 0. The molecule has 0 atom stereocenters. The van der Waals surface area contributed by atoms with Crippen LogP contribution in [0.15, 0.2) is 24.3 Å². The van der Waals surface area contributed by atoms with Crippen molar-refractivity contribution < 1.29 is 9.53 Å². The van der Waals surface area contributed by atoms with E-state index < -0.39 is 0 Å². The highest BCUT2D eigenvalue weighted by Gasteiger charge is 2.00. The van der Waals surface area contributed by atoms with Crippen LogP contribution in [0.2, 0.25) is 0 Å². The van der Waals surface area contributed by atoms with Gasteiger partial charge < -0.3 is 15.4 Å². The first-order valence-corrected chi connectivity index (χ1v) is 5.39. The second-order valence-corrected chi connectivity index (χ2v) is 3.27. The average Bonchev–Trinajstić information content (AvgIpc) is 2.36. The Hall–Kier alpha value is -2.06. The Labute approximate surface area is 100 Å². The lowest BCUT2D eigenvalue weighted by atomic mass is 10.2. The molecule has 0 unspecified atom stereocenters. The molecule has 2 amide bonds. The maximum Gasteiger partial charge on any atom is 0.319 e. The number of hydrogen-bond acceptors (Lipinski definition) is 3. The zero-order chi connectivity index (χ0) is 12.5. The third-order valence-corrected chi connectivity index (χ3v) is 2.01. The Morgan fingerprint density at radius 3 is 2.71 bits per heavy atom. The Balaban J connectivity index is 2.32. The van der Waals surface area contributed by atoms with E-state index in [0.29, 0.717) is 31.0 Å². The molecule has 0 fully saturated rings. The van der Waals surface area contributed by atoms with Crippen LogP contribution in [0.5, 0.6) is 0 Å². The molecule has 5 heteroatoms. The van der Waals surface area contributed by atoms with E-state index in [-0.39, 0.29) is 6.03 Å². The molecule has 0 saturated carbocycles. The number of carbonyl (C=O) groups excluding carboxylic acids is 1. The molecule has 1 aromatic rings. The summed E-state index contributed by atoms with van der Waals surface area (Å²) in [4.78, 5) is 11.4. The van der Waals surface area contributed by atoms with Gasteiger partial charge in [0.15, 0.2) is 0 Å². The van der Waals surface area contributed by atoms with E-state index in [4.69, 9.17) is 10.00 Å². The van der Waals surface area contributed by atoms with Gasteiger partial charge in [0.25, 0.3) is 0 Å². The molecule has 1 aromatic carbocycles. The minimum absolute atomic E-state index is 0.283. The number of nitrogens with one attached hydrogen (secondary N) is 2. The largest absolute Gasteiger partial charge is 0.380 e. The highest BCUT2D eigenvalue weighted by atomic mass is 16.5. The molecule has 0 aliphatic rings. The number of urea groups is 1. The molecular weight excluding hydrogens is 218 g/mol. The van der Waals surface area contributed by atoms with Crippen LogP contribution in [-0.4, -0.2) is 25.8 Å². The smallest absolute Gasteiger partial charge is 0.319 e. The first-order valence-electron chi connectivity index (χ1n) is 5.39. The van der Waals surface area contributed by atoms with E-state index >= 15 is 0 Å². The second-order valence-electron chi connectivity index (χ2n) is 3.27. The number of benzene rings is 1. The molecule has 0 spiro atoms. The Kier molecular flexibility index (Phi) is 5.55. The van der Waals surface area contributed by atoms with Gasteiger partial charge in [-0.3, -0.25) is 0 Å². The fourth-order valence-electron chi connectivity index (χ4n) is 1.18. The Morgan fingerprint density at radius 1 is 1.41 bits per heavy atom. The van der Waals surface area contributed by atoms with Crippen LogP contribution >= 0.6 is 0 Å². The first kappa shape index (κ1) is 13.0. The van der Waals surface area contributed by atoms with Gasteiger partial charge in [-0.1, -0.05) is 0 Å². The number of anilines is 1.